The van der Waals surface area contributed by atoms with Gasteiger partial charge in [-0.25, -0.2) is 4.98 Å². The van der Waals surface area contributed by atoms with Gasteiger partial charge in [0.05, 0.1) is 27.0 Å². The van der Waals surface area contributed by atoms with Gasteiger partial charge >= 0.3 is 0 Å². The number of methoxy groups -OCH3 is 3. The van der Waals surface area contributed by atoms with Crippen LogP contribution in [0.15, 0.2) is 23.0 Å². The summed E-state index contributed by atoms with van der Waals surface area (Å²) in [5.41, 5.74) is 1.93. The van der Waals surface area contributed by atoms with Crippen LogP contribution in [0, 0.1) is 0 Å². The van der Waals surface area contributed by atoms with Crippen LogP contribution < -0.4 is 24.7 Å². The topological polar surface area (TPSA) is 79.9 Å². The number of nitrogens with zero attached hydrogens (tertiary/aromatic N) is 3. The molecule has 1 N–H and O–H groups in total. The van der Waals surface area contributed by atoms with E-state index in [0.717, 1.165) is 69.2 Å². The molecule has 8 heteroatoms. The molecule has 1 aromatic heterocycles. The molecule has 0 aliphatic carbocycles. The lowest BCUT2D eigenvalue weighted by Crippen LogP contribution is -2.25. The van der Waals surface area contributed by atoms with Gasteiger partial charge in [0.2, 0.25) is 11.7 Å². The first-order valence-corrected chi connectivity index (χ1v) is 10.5. The van der Waals surface area contributed by atoms with E-state index < -0.39 is 0 Å². The standard InChI is InChI=1S/C22H30N4O4/c1-28-18-10-15(11-19(29-2)21(18)30-3)13-25-9-6-16(14-25)17-12-20(27)24-22(23-17)26-7-4-5-8-26/h10-12,16H,4-9,13-14H2,1-3H3,(H,23,24,27). The van der Waals surface area contributed by atoms with Crippen molar-refractivity contribution in [1.82, 2.24) is 14.9 Å². The fourth-order valence-corrected chi connectivity index (χ4v) is 4.45. The molecule has 0 amide bonds. The maximum atomic E-state index is 12.2. The van der Waals surface area contributed by atoms with Gasteiger partial charge in [-0.2, -0.15) is 0 Å². The molecule has 2 aliphatic rings. The summed E-state index contributed by atoms with van der Waals surface area (Å²) in [6, 6.07) is 5.64. The summed E-state index contributed by atoms with van der Waals surface area (Å²) >= 11 is 0. The van der Waals surface area contributed by atoms with Gasteiger partial charge in [-0.3, -0.25) is 14.7 Å². The van der Waals surface area contributed by atoms with E-state index >= 15 is 0 Å². The molecule has 30 heavy (non-hydrogen) atoms. The molecule has 4 rings (SSSR count). The van der Waals surface area contributed by atoms with E-state index in [1.807, 2.05) is 12.1 Å². The summed E-state index contributed by atoms with van der Waals surface area (Å²) < 4.78 is 16.4. The van der Waals surface area contributed by atoms with Crippen molar-refractivity contribution in [1.29, 1.82) is 0 Å². The Morgan fingerprint density at radius 3 is 2.37 bits per heavy atom. The Labute approximate surface area is 176 Å². The van der Waals surface area contributed by atoms with Crippen LogP contribution in [-0.2, 0) is 6.54 Å². The number of hydrogen-bond acceptors (Lipinski definition) is 7. The number of aromatic amines is 1. The predicted molar refractivity (Wildman–Crippen MR) is 115 cm³/mol. The van der Waals surface area contributed by atoms with Crippen molar-refractivity contribution in [2.75, 3.05) is 52.4 Å². The van der Waals surface area contributed by atoms with Crippen molar-refractivity contribution in [3.05, 3.63) is 39.8 Å². The molecule has 0 bridgehead atoms. The zero-order chi connectivity index (χ0) is 21.1. The maximum Gasteiger partial charge on any atom is 0.252 e. The number of hydrogen-bond donors (Lipinski definition) is 1. The van der Waals surface area contributed by atoms with Crippen LogP contribution in [0.3, 0.4) is 0 Å². The van der Waals surface area contributed by atoms with Crippen molar-refractivity contribution in [3.63, 3.8) is 0 Å². The fraction of sp³-hybridized carbons (Fsp3) is 0.545. The highest BCUT2D eigenvalue weighted by Gasteiger charge is 2.27. The zero-order valence-corrected chi connectivity index (χ0v) is 17.9. The highest BCUT2D eigenvalue weighted by atomic mass is 16.5. The number of ether oxygens (including phenoxy) is 3. The Morgan fingerprint density at radius 2 is 1.73 bits per heavy atom. The molecule has 2 saturated heterocycles. The molecule has 0 spiro atoms. The van der Waals surface area contributed by atoms with E-state index in [-0.39, 0.29) is 11.5 Å². The van der Waals surface area contributed by atoms with Crippen molar-refractivity contribution >= 4 is 5.95 Å². The number of rotatable bonds is 7. The zero-order valence-electron chi connectivity index (χ0n) is 17.9. The van der Waals surface area contributed by atoms with E-state index in [1.165, 1.54) is 0 Å². The Balaban J connectivity index is 1.48. The number of aromatic nitrogens is 2. The number of nitrogens with one attached hydrogen (secondary N) is 1. The number of anilines is 1. The molecule has 0 saturated carbocycles. The van der Waals surface area contributed by atoms with E-state index in [0.29, 0.717) is 17.2 Å². The summed E-state index contributed by atoms with van der Waals surface area (Å²) in [5, 5.41) is 0. The molecule has 1 unspecified atom stereocenters. The minimum atomic E-state index is -0.0648. The molecule has 2 aliphatic heterocycles. The summed E-state index contributed by atoms with van der Waals surface area (Å²) in [4.78, 5) is 24.5. The Morgan fingerprint density at radius 1 is 1.03 bits per heavy atom. The molecule has 2 fully saturated rings. The number of benzene rings is 1. The van der Waals surface area contributed by atoms with E-state index in [2.05, 4.69) is 14.8 Å². The Kier molecular flexibility index (Phi) is 6.13. The number of H-pyrrole nitrogens is 1. The normalized spacial score (nSPS) is 19.3. The van der Waals surface area contributed by atoms with E-state index in [4.69, 9.17) is 19.2 Å². The second-order valence-electron chi connectivity index (χ2n) is 7.94. The monoisotopic (exact) mass is 414 g/mol. The van der Waals surface area contributed by atoms with E-state index in [1.54, 1.807) is 27.4 Å². The molecular weight excluding hydrogens is 384 g/mol. The smallest absolute Gasteiger partial charge is 0.252 e. The molecule has 1 atom stereocenters. The first kappa shape index (κ1) is 20.5. The van der Waals surface area contributed by atoms with Crippen LogP contribution in [0.2, 0.25) is 0 Å². The van der Waals surface area contributed by atoms with Gasteiger partial charge < -0.3 is 19.1 Å². The van der Waals surface area contributed by atoms with Crippen LogP contribution >= 0.6 is 0 Å². The highest BCUT2D eigenvalue weighted by molar-refractivity contribution is 5.53. The minimum absolute atomic E-state index is 0.0648. The van der Waals surface area contributed by atoms with Crippen molar-refractivity contribution < 1.29 is 14.2 Å². The van der Waals surface area contributed by atoms with Gasteiger partial charge in [0.1, 0.15) is 0 Å². The van der Waals surface area contributed by atoms with Crippen molar-refractivity contribution in [3.8, 4) is 17.2 Å². The summed E-state index contributed by atoms with van der Waals surface area (Å²) in [5.74, 6) is 2.90. The maximum absolute atomic E-state index is 12.2. The summed E-state index contributed by atoms with van der Waals surface area (Å²) in [6.45, 7) is 4.52. The molecular formula is C22H30N4O4. The van der Waals surface area contributed by atoms with Crippen molar-refractivity contribution in [2.45, 2.75) is 31.7 Å². The largest absolute Gasteiger partial charge is 0.493 e. The molecule has 1 aromatic carbocycles. The van der Waals surface area contributed by atoms with Gasteiger partial charge in [-0.15, -0.1) is 0 Å². The van der Waals surface area contributed by atoms with Crippen LogP contribution in [0.1, 0.15) is 36.4 Å². The highest BCUT2D eigenvalue weighted by Crippen LogP contribution is 2.39. The second kappa shape index (κ2) is 8.95. The third-order valence-corrected chi connectivity index (χ3v) is 5.98. The fourth-order valence-electron chi connectivity index (χ4n) is 4.45. The first-order valence-electron chi connectivity index (χ1n) is 10.5. The minimum Gasteiger partial charge on any atom is -0.493 e. The van der Waals surface area contributed by atoms with Gasteiger partial charge in [0.25, 0.3) is 5.56 Å². The van der Waals surface area contributed by atoms with Gasteiger partial charge in [-0.1, -0.05) is 0 Å². The summed E-state index contributed by atoms with van der Waals surface area (Å²) in [6.07, 6.45) is 3.29. The summed E-state index contributed by atoms with van der Waals surface area (Å²) in [7, 11) is 4.86. The lowest BCUT2D eigenvalue weighted by Gasteiger charge is -2.20. The average molecular weight is 415 g/mol. The third kappa shape index (κ3) is 4.23. The number of likely N-dealkylation sites (tertiary alicyclic amines) is 1. The van der Waals surface area contributed by atoms with Gasteiger partial charge in [-0.05, 0) is 43.5 Å². The van der Waals surface area contributed by atoms with Crippen LogP contribution in [0.5, 0.6) is 17.2 Å². The molecule has 8 nitrogen and oxygen atoms in total. The Bertz CT molecular complexity index is 914. The van der Waals surface area contributed by atoms with Crippen LogP contribution in [-0.4, -0.2) is 62.4 Å². The first-order chi connectivity index (χ1) is 14.6. The average Bonchev–Trinajstić information content (AvgIpc) is 3.45. The lowest BCUT2D eigenvalue weighted by atomic mass is 10.0. The van der Waals surface area contributed by atoms with Gasteiger partial charge in [0.15, 0.2) is 11.5 Å². The SMILES string of the molecule is COc1cc(CN2CCC(c3cc(=O)[nH]c(N4CCCC4)n3)C2)cc(OC)c1OC. The quantitative estimate of drug-likeness (QED) is 0.745. The third-order valence-electron chi connectivity index (χ3n) is 5.98. The second-order valence-corrected chi connectivity index (χ2v) is 7.94. The van der Waals surface area contributed by atoms with Gasteiger partial charge in [0, 0.05) is 38.2 Å². The van der Waals surface area contributed by atoms with E-state index in [9.17, 15) is 4.79 Å². The van der Waals surface area contributed by atoms with Crippen LogP contribution in [0.25, 0.3) is 0 Å². The molecule has 2 aromatic rings. The lowest BCUT2D eigenvalue weighted by molar-refractivity contribution is 0.312. The molecule has 3 heterocycles. The van der Waals surface area contributed by atoms with Crippen LogP contribution in [0.4, 0.5) is 5.95 Å². The molecule has 0 radical (unpaired) electrons. The predicted octanol–water partition coefficient (Wildman–Crippen LogP) is 2.39. The molecule has 162 valence electrons. The van der Waals surface area contributed by atoms with Crippen molar-refractivity contribution in [2.24, 2.45) is 0 Å². The Hall–Kier alpha value is -2.74.